The molecule has 120 valence electrons. The second kappa shape index (κ2) is 7.26. The maximum atomic E-state index is 12.5. The van der Waals surface area contributed by atoms with Crippen LogP contribution in [0.5, 0.6) is 0 Å². The molecule has 1 aliphatic heterocycles. The van der Waals surface area contributed by atoms with E-state index in [1.54, 1.807) is 4.90 Å². The molecule has 1 aromatic rings. The number of hydrogen-bond donors (Lipinski definition) is 2. The summed E-state index contributed by atoms with van der Waals surface area (Å²) in [5, 5.41) is 5.67. The summed E-state index contributed by atoms with van der Waals surface area (Å²) in [5.74, 6) is -0.0461. The summed E-state index contributed by atoms with van der Waals surface area (Å²) in [6.45, 7) is 4.38. The highest BCUT2D eigenvalue weighted by atomic mass is 16.2. The maximum Gasteiger partial charge on any atom is 0.317 e. The summed E-state index contributed by atoms with van der Waals surface area (Å²) in [5.41, 5.74) is 2.10. The fraction of sp³-hybridized carbons (Fsp3) is 0.500. The van der Waals surface area contributed by atoms with E-state index < -0.39 is 0 Å². The van der Waals surface area contributed by atoms with E-state index in [4.69, 9.17) is 0 Å². The summed E-state index contributed by atoms with van der Waals surface area (Å²) in [6, 6.07) is 7.58. The standard InChI is InChI=1S/C16H24N4O2/c1-12-5-4-6-13(11-12)14(19(2)3)15(21)17-7-9-20-10-8-18-16(20)22/h4-6,11,14H,7-10H2,1-3H3,(H,17,21)(H,18,22)/t14-/m0/s1. The van der Waals surface area contributed by atoms with Gasteiger partial charge in [0.25, 0.3) is 0 Å². The van der Waals surface area contributed by atoms with Gasteiger partial charge in [-0.1, -0.05) is 29.8 Å². The lowest BCUT2D eigenvalue weighted by Gasteiger charge is -2.24. The Morgan fingerprint density at radius 1 is 1.45 bits per heavy atom. The van der Waals surface area contributed by atoms with Crippen LogP contribution in [-0.2, 0) is 4.79 Å². The Morgan fingerprint density at radius 2 is 2.23 bits per heavy atom. The first-order valence-corrected chi connectivity index (χ1v) is 7.52. The van der Waals surface area contributed by atoms with E-state index in [0.29, 0.717) is 26.2 Å². The number of amides is 3. The van der Waals surface area contributed by atoms with E-state index >= 15 is 0 Å². The molecule has 1 atom stereocenters. The number of carbonyl (C=O) groups is 2. The largest absolute Gasteiger partial charge is 0.353 e. The van der Waals surface area contributed by atoms with Crippen molar-refractivity contribution in [1.82, 2.24) is 20.4 Å². The molecule has 1 heterocycles. The van der Waals surface area contributed by atoms with Gasteiger partial charge in [0.1, 0.15) is 6.04 Å². The van der Waals surface area contributed by atoms with Crippen molar-refractivity contribution in [2.75, 3.05) is 40.3 Å². The number of benzene rings is 1. The summed E-state index contributed by atoms with van der Waals surface area (Å²) in [4.78, 5) is 27.5. The lowest BCUT2D eigenvalue weighted by atomic mass is 10.0. The Hall–Kier alpha value is -2.08. The molecular weight excluding hydrogens is 280 g/mol. The predicted octanol–water partition coefficient (Wildman–Crippen LogP) is 0.739. The first kappa shape index (κ1) is 16.3. The molecule has 2 rings (SSSR count). The zero-order valence-corrected chi connectivity index (χ0v) is 13.4. The van der Waals surface area contributed by atoms with E-state index in [9.17, 15) is 9.59 Å². The van der Waals surface area contributed by atoms with Gasteiger partial charge in [0.05, 0.1) is 0 Å². The number of urea groups is 1. The average Bonchev–Trinajstić information content (AvgIpc) is 2.84. The minimum absolute atomic E-state index is 0.0461. The molecule has 0 aliphatic carbocycles. The molecule has 3 amide bonds. The van der Waals surface area contributed by atoms with Gasteiger partial charge in [0.2, 0.25) is 5.91 Å². The lowest BCUT2D eigenvalue weighted by molar-refractivity contribution is -0.125. The number of nitrogens with zero attached hydrogens (tertiary/aromatic N) is 2. The Labute approximate surface area is 131 Å². The van der Waals surface area contributed by atoms with E-state index in [1.165, 1.54) is 0 Å². The number of aryl methyl sites for hydroxylation is 1. The van der Waals surface area contributed by atoms with Crippen LogP contribution in [0, 0.1) is 6.92 Å². The molecule has 0 unspecified atom stereocenters. The van der Waals surface area contributed by atoms with Crippen LogP contribution in [0.3, 0.4) is 0 Å². The van der Waals surface area contributed by atoms with Gasteiger partial charge < -0.3 is 15.5 Å². The van der Waals surface area contributed by atoms with Crippen molar-refractivity contribution in [3.8, 4) is 0 Å². The monoisotopic (exact) mass is 304 g/mol. The number of hydrogen-bond acceptors (Lipinski definition) is 3. The number of rotatable bonds is 6. The van der Waals surface area contributed by atoms with Crippen molar-refractivity contribution < 1.29 is 9.59 Å². The minimum Gasteiger partial charge on any atom is -0.353 e. The van der Waals surface area contributed by atoms with Crippen LogP contribution < -0.4 is 10.6 Å². The molecule has 0 saturated carbocycles. The van der Waals surface area contributed by atoms with Crippen molar-refractivity contribution in [1.29, 1.82) is 0 Å². The molecule has 22 heavy (non-hydrogen) atoms. The Kier molecular flexibility index (Phi) is 5.38. The van der Waals surface area contributed by atoms with E-state index in [0.717, 1.165) is 11.1 Å². The summed E-state index contributed by atoms with van der Waals surface area (Å²) < 4.78 is 0. The highest BCUT2D eigenvalue weighted by Gasteiger charge is 2.24. The van der Waals surface area contributed by atoms with Gasteiger partial charge in [-0.3, -0.25) is 9.69 Å². The average molecular weight is 304 g/mol. The quantitative estimate of drug-likeness (QED) is 0.815. The first-order chi connectivity index (χ1) is 10.5. The summed E-state index contributed by atoms with van der Waals surface area (Å²) in [7, 11) is 3.78. The molecule has 6 nitrogen and oxygen atoms in total. The van der Waals surface area contributed by atoms with E-state index in [-0.39, 0.29) is 18.0 Å². The van der Waals surface area contributed by atoms with E-state index in [1.807, 2.05) is 50.2 Å². The maximum absolute atomic E-state index is 12.5. The lowest BCUT2D eigenvalue weighted by Crippen LogP contribution is -2.41. The fourth-order valence-electron chi connectivity index (χ4n) is 2.66. The van der Waals surface area contributed by atoms with Crippen LogP contribution in [-0.4, -0.2) is 62.0 Å². The van der Waals surface area contributed by atoms with Gasteiger partial charge >= 0.3 is 6.03 Å². The topological polar surface area (TPSA) is 64.7 Å². The minimum atomic E-state index is -0.327. The third kappa shape index (κ3) is 3.98. The van der Waals surface area contributed by atoms with Crippen molar-refractivity contribution in [3.05, 3.63) is 35.4 Å². The van der Waals surface area contributed by atoms with Crippen LogP contribution in [0.2, 0.25) is 0 Å². The molecule has 0 bridgehead atoms. The van der Waals surface area contributed by atoms with Gasteiger partial charge in [-0.2, -0.15) is 0 Å². The van der Waals surface area contributed by atoms with Crippen molar-refractivity contribution >= 4 is 11.9 Å². The molecule has 1 aliphatic rings. The molecule has 1 aromatic carbocycles. The Balaban J connectivity index is 1.94. The summed E-state index contributed by atoms with van der Waals surface area (Å²) in [6.07, 6.45) is 0. The molecular formula is C16H24N4O2. The Morgan fingerprint density at radius 3 is 2.82 bits per heavy atom. The zero-order chi connectivity index (χ0) is 16.1. The van der Waals surface area contributed by atoms with Crippen LogP contribution in [0.15, 0.2) is 24.3 Å². The highest BCUT2D eigenvalue weighted by Crippen LogP contribution is 2.19. The highest BCUT2D eigenvalue weighted by molar-refractivity contribution is 5.83. The number of carbonyl (C=O) groups excluding carboxylic acids is 2. The third-order valence-electron chi connectivity index (χ3n) is 3.75. The van der Waals surface area contributed by atoms with Gasteiger partial charge in [-0.05, 0) is 26.6 Å². The van der Waals surface area contributed by atoms with Crippen LogP contribution >= 0.6 is 0 Å². The second-order valence-electron chi connectivity index (χ2n) is 5.79. The number of nitrogens with one attached hydrogen (secondary N) is 2. The normalized spacial score (nSPS) is 15.8. The van der Waals surface area contributed by atoms with Crippen molar-refractivity contribution in [3.63, 3.8) is 0 Å². The van der Waals surface area contributed by atoms with Crippen molar-refractivity contribution in [2.45, 2.75) is 13.0 Å². The van der Waals surface area contributed by atoms with E-state index in [2.05, 4.69) is 10.6 Å². The van der Waals surface area contributed by atoms with Crippen LogP contribution in [0.1, 0.15) is 17.2 Å². The predicted molar refractivity (Wildman–Crippen MR) is 85.6 cm³/mol. The molecule has 0 radical (unpaired) electrons. The SMILES string of the molecule is Cc1cccc([C@@H](C(=O)NCCN2CCNC2=O)N(C)C)c1. The smallest absolute Gasteiger partial charge is 0.317 e. The van der Waals surface area contributed by atoms with Gasteiger partial charge in [-0.25, -0.2) is 4.79 Å². The second-order valence-corrected chi connectivity index (χ2v) is 5.79. The van der Waals surface area contributed by atoms with Crippen molar-refractivity contribution in [2.24, 2.45) is 0 Å². The fourth-order valence-corrected chi connectivity index (χ4v) is 2.66. The van der Waals surface area contributed by atoms with Crippen LogP contribution in [0.4, 0.5) is 4.79 Å². The van der Waals surface area contributed by atoms with Gasteiger partial charge in [0, 0.05) is 26.2 Å². The van der Waals surface area contributed by atoms with Gasteiger partial charge in [0.15, 0.2) is 0 Å². The molecule has 2 N–H and O–H groups in total. The zero-order valence-electron chi connectivity index (χ0n) is 13.4. The molecule has 6 heteroatoms. The van der Waals surface area contributed by atoms with Gasteiger partial charge in [-0.15, -0.1) is 0 Å². The number of likely N-dealkylation sites (N-methyl/N-ethyl adjacent to an activating group) is 1. The molecule has 0 aromatic heterocycles. The third-order valence-corrected chi connectivity index (χ3v) is 3.75. The first-order valence-electron chi connectivity index (χ1n) is 7.52. The Bertz CT molecular complexity index is 545. The molecule has 1 saturated heterocycles. The van der Waals surface area contributed by atoms with Crippen LogP contribution in [0.25, 0.3) is 0 Å². The summed E-state index contributed by atoms with van der Waals surface area (Å²) >= 11 is 0. The molecule has 1 fully saturated rings. The molecule has 0 spiro atoms.